The van der Waals surface area contributed by atoms with Crippen LogP contribution in [0.2, 0.25) is 10.0 Å². The highest BCUT2D eigenvalue weighted by molar-refractivity contribution is 6.39. The van der Waals surface area contributed by atoms with Crippen LogP contribution in [-0.4, -0.2) is 44.1 Å². The monoisotopic (exact) mass is 578 g/mol. The zero-order valence-corrected chi connectivity index (χ0v) is 24.4. The van der Waals surface area contributed by atoms with Gasteiger partial charge in [-0.2, -0.15) is 0 Å². The largest absolute Gasteiger partial charge is 0.514 e. The number of ether oxygens (including phenoxy) is 3. The van der Waals surface area contributed by atoms with E-state index in [4.69, 9.17) is 37.4 Å². The van der Waals surface area contributed by atoms with Gasteiger partial charge in [-0.25, -0.2) is 9.59 Å². The number of hydrazone groups is 1. The molecule has 2 aromatic carbocycles. The van der Waals surface area contributed by atoms with Crippen molar-refractivity contribution in [2.24, 2.45) is 11.0 Å². The molecule has 212 valence electrons. The van der Waals surface area contributed by atoms with E-state index in [9.17, 15) is 14.4 Å². The average molecular weight is 580 g/mol. The van der Waals surface area contributed by atoms with Gasteiger partial charge in [0.1, 0.15) is 0 Å². The van der Waals surface area contributed by atoms with E-state index >= 15 is 0 Å². The maximum Gasteiger partial charge on any atom is 0.514 e. The molecule has 0 N–H and O–H groups in total. The minimum atomic E-state index is -0.644. The molecule has 0 spiro atoms. The lowest BCUT2D eigenvalue weighted by Gasteiger charge is -2.14. The number of benzene rings is 2. The summed E-state index contributed by atoms with van der Waals surface area (Å²) in [4.78, 5) is 33.7. The molecule has 0 radical (unpaired) electrons. The molecule has 0 bridgehead atoms. The van der Waals surface area contributed by atoms with Crippen molar-refractivity contribution in [2.75, 3.05) is 24.8 Å². The molecule has 1 unspecified atom stereocenters. The van der Waals surface area contributed by atoms with Crippen molar-refractivity contribution in [1.29, 1.82) is 0 Å². The molecule has 0 aromatic heterocycles. The van der Waals surface area contributed by atoms with E-state index in [1.165, 1.54) is 17.7 Å². The van der Waals surface area contributed by atoms with E-state index < -0.39 is 12.1 Å². The van der Waals surface area contributed by atoms with Crippen LogP contribution in [0.3, 0.4) is 0 Å². The molecule has 0 saturated carbocycles. The maximum absolute atomic E-state index is 11.8. The first-order chi connectivity index (χ1) is 18.7. The number of hydrogen-bond donors (Lipinski definition) is 0. The fourth-order valence-electron chi connectivity index (χ4n) is 3.72. The number of rotatable bonds is 10. The van der Waals surface area contributed by atoms with E-state index in [1.54, 1.807) is 6.92 Å². The van der Waals surface area contributed by atoms with Gasteiger partial charge >= 0.3 is 12.1 Å². The van der Waals surface area contributed by atoms with Crippen molar-refractivity contribution < 1.29 is 28.6 Å². The topological polar surface area (TPSA) is 94.5 Å². The maximum atomic E-state index is 11.8. The molecule has 0 amide bonds. The minimum Gasteiger partial charge on any atom is -0.462 e. The zero-order valence-electron chi connectivity index (χ0n) is 22.9. The quantitative estimate of drug-likeness (QED) is 0.209. The Morgan fingerprint density at radius 2 is 1.82 bits per heavy atom. The van der Waals surface area contributed by atoms with Gasteiger partial charge in [-0.15, -0.1) is 5.10 Å². The minimum absolute atomic E-state index is 0.139. The highest BCUT2D eigenvalue weighted by Gasteiger charge is 2.21. The number of hydrogen-bond acceptors (Lipinski definition) is 8. The van der Waals surface area contributed by atoms with Gasteiger partial charge in [-0.1, -0.05) is 68.4 Å². The number of carbonyl (C=O) groups excluding carboxylic acids is 3. The van der Waals surface area contributed by atoms with E-state index in [2.05, 4.69) is 25.0 Å². The molecule has 3 rings (SSSR count). The first-order valence-corrected chi connectivity index (χ1v) is 13.8. The molecule has 10 heteroatoms. The summed E-state index contributed by atoms with van der Waals surface area (Å²) >= 11 is 11.5. The molecule has 0 aliphatic carbocycles. The summed E-state index contributed by atoms with van der Waals surface area (Å²) in [6.45, 7) is 9.42. The van der Waals surface area contributed by atoms with Gasteiger partial charge in [0.15, 0.2) is 6.29 Å². The highest BCUT2D eigenvalue weighted by atomic mass is 35.5. The Morgan fingerprint density at radius 3 is 2.41 bits per heavy atom. The second kappa shape index (κ2) is 16.8. The molecule has 8 nitrogen and oxygen atoms in total. The number of aryl methyl sites for hydroxylation is 1. The third-order valence-electron chi connectivity index (χ3n) is 5.96. The number of unbranched alkanes of at least 4 members (excludes halogenated alkanes) is 1. The van der Waals surface area contributed by atoms with Gasteiger partial charge < -0.3 is 14.2 Å². The van der Waals surface area contributed by atoms with Crippen molar-refractivity contribution in [1.82, 2.24) is 0 Å². The molecular weight excluding hydrogens is 543 g/mol. The van der Waals surface area contributed by atoms with Crippen molar-refractivity contribution in [3.8, 4) is 0 Å². The van der Waals surface area contributed by atoms with Crippen LogP contribution < -0.4 is 5.01 Å². The Hall–Kier alpha value is -3.10. The molecule has 39 heavy (non-hydrogen) atoms. The molecule has 2 aromatic rings. The molecular formula is C29H36Cl2N2O6. The molecule has 1 heterocycles. The van der Waals surface area contributed by atoms with Crippen molar-refractivity contribution in [2.45, 2.75) is 59.8 Å². The average Bonchev–Trinajstić information content (AvgIpc) is 3.37. The normalized spacial score (nSPS) is 13.1. The summed E-state index contributed by atoms with van der Waals surface area (Å²) in [5.41, 5.74) is 2.59. The Kier molecular flexibility index (Phi) is 13.8. The lowest BCUT2D eigenvalue weighted by Crippen LogP contribution is -2.17. The summed E-state index contributed by atoms with van der Waals surface area (Å²) in [6, 6.07) is 10.8. The third kappa shape index (κ3) is 10.5. The van der Waals surface area contributed by atoms with E-state index in [0.717, 1.165) is 31.4 Å². The molecule has 0 saturated heterocycles. The van der Waals surface area contributed by atoms with Crippen molar-refractivity contribution in [3.63, 3.8) is 0 Å². The first kappa shape index (κ1) is 32.1. The Labute approximate surface area is 240 Å². The summed E-state index contributed by atoms with van der Waals surface area (Å²) < 4.78 is 15.3. The van der Waals surface area contributed by atoms with Crippen LogP contribution >= 0.6 is 23.2 Å². The number of halogens is 2. The second-order valence-electron chi connectivity index (χ2n) is 8.98. The third-order valence-corrected chi connectivity index (χ3v) is 6.58. The summed E-state index contributed by atoms with van der Waals surface area (Å²) in [5, 5.41) is 6.49. The van der Waals surface area contributed by atoms with Gasteiger partial charge in [-0.3, -0.25) is 9.80 Å². The van der Waals surface area contributed by atoms with E-state index in [0.29, 0.717) is 37.7 Å². The highest BCUT2D eigenvalue weighted by Crippen LogP contribution is 2.25. The predicted molar refractivity (Wildman–Crippen MR) is 154 cm³/mol. The van der Waals surface area contributed by atoms with Crippen LogP contribution in [0.15, 0.2) is 41.5 Å². The lowest BCUT2D eigenvalue weighted by atomic mass is 10.0. The van der Waals surface area contributed by atoms with Gasteiger partial charge in [0.05, 0.1) is 46.6 Å². The first-order valence-electron chi connectivity index (χ1n) is 13.1. The number of esters is 1. The summed E-state index contributed by atoms with van der Waals surface area (Å²) in [6.07, 6.45) is 4.92. The van der Waals surface area contributed by atoms with Crippen LogP contribution in [0.5, 0.6) is 0 Å². The Balaban J connectivity index is 0.000000306. The van der Waals surface area contributed by atoms with Crippen molar-refractivity contribution >= 4 is 53.2 Å². The summed E-state index contributed by atoms with van der Waals surface area (Å²) in [7, 11) is 0. The zero-order chi connectivity index (χ0) is 28.8. The summed E-state index contributed by atoms with van der Waals surface area (Å²) in [5.74, 6) is 0.314. The van der Waals surface area contributed by atoms with Gasteiger partial charge in [0, 0.05) is 6.42 Å². The van der Waals surface area contributed by atoms with Gasteiger partial charge in [0.25, 0.3) is 0 Å². The van der Waals surface area contributed by atoms with E-state index in [1.807, 2.05) is 30.1 Å². The van der Waals surface area contributed by atoms with Crippen LogP contribution in [-0.2, 0) is 14.2 Å². The Bertz CT molecular complexity index is 1130. The number of nitrogens with zero attached hydrogens (tertiary/aromatic N) is 2. The predicted octanol–water partition coefficient (Wildman–Crippen LogP) is 7.87. The number of carbonyl (C=O) groups is 3. The van der Waals surface area contributed by atoms with Crippen LogP contribution in [0.1, 0.15) is 79.2 Å². The standard InChI is InChI=1S/C19H28N2O3.C10H8Cl2O3/c1-4-6-9-16(5-2)14-23-19(22)24-18-11-12-21(20-18)17-10-7-8-15(3)13-17;1-2-15-10(14)6-3-8(11)7(5-13)9(12)4-6/h7-8,10,13,16H,4-6,9,11-12,14H2,1-3H3;3-5H,2H2,1H3. The van der Waals surface area contributed by atoms with Crippen molar-refractivity contribution in [3.05, 3.63) is 63.1 Å². The smallest absolute Gasteiger partial charge is 0.462 e. The molecule has 1 aliphatic rings. The number of aldehydes is 1. The number of anilines is 1. The molecule has 0 fully saturated rings. The Morgan fingerprint density at radius 1 is 1.10 bits per heavy atom. The second-order valence-corrected chi connectivity index (χ2v) is 9.79. The fraction of sp³-hybridized carbons (Fsp3) is 0.448. The molecule has 1 aliphatic heterocycles. The van der Waals surface area contributed by atoms with E-state index in [-0.39, 0.29) is 27.8 Å². The van der Waals surface area contributed by atoms with Crippen LogP contribution in [0.25, 0.3) is 0 Å². The van der Waals surface area contributed by atoms with Crippen LogP contribution in [0.4, 0.5) is 10.5 Å². The van der Waals surface area contributed by atoms with Gasteiger partial charge in [-0.05, 0) is 56.0 Å². The lowest BCUT2D eigenvalue weighted by molar-refractivity contribution is 0.0525. The fourth-order valence-corrected chi connectivity index (χ4v) is 4.30. The van der Waals surface area contributed by atoms with Crippen LogP contribution in [0, 0.1) is 12.8 Å². The van der Waals surface area contributed by atoms with Gasteiger partial charge in [0.2, 0.25) is 5.90 Å². The molecule has 1 atom stereocenters. The SMILES string of the molecule is CCCCC(CC)COC(=O)OC1=NN(c2cccc(C)c2)CC1.CCOC(=O)c1cc(Cl)c(C=O)c(Cl)c1.